The number of phenolic OH excluding ortho intramolecular Hbond substituents is 1. The molecule has 3 heterocycles. The quantitative estimate of drug-likeness (QED) is 0.157. The fraction of sp³-hybridized carbons (Fsp3) is 0.529. The van der Waals surface area contributed by atoms with Crippen LogP contribution in [0.3, 0.4) is 0 Å². The number of carboxylic acids is 1. The van der Waals surface area contributed by atoms with Crippen molar-refractivity contribution in [3.05, 3.63) is 59.3 Å². The highest BCUT2D eigenvalue weighted by Gasteiger charge is 2.54. The molecule has 2 aliphatic heterocycles. The summed E-state index contributed by atoms with van der Waals surface area (Å²) in [7, 11) is 3.91. The summed E-state index contributed by atoms with van der Waals surface area (Å²) < 4.78 is 6.03. The number of hydrogen-bond acceptors (Lipinski definition) is 11. The molecular formula is C34H47N5O9. The van der Waals surface area contributed by atoms with Gasteiger partial charge in [0.25, 0.3) is 5.91 Å². The van der Waals surface area contributed by atoms with Gasteiger partial charge in [-0.05, 0) is 55.5 Å². The third-order valence-corrected chi connectivity index (χ3v) is 9.03. The zero-order chi connectivity index (χ0) is 35.3. The maximum absolute atomic E-state index is 12.8. The van der Waals surface area contributed by atoms with Crippen LogP contribution in [-0.4, -0.2) is 118 Å². The molecule has 14 heteroatoms. The normalized spacial score (nSPS) is 25.5. The van der Waals surface area contributed by atoms with Crippen LogP contribution in [0.5, 0.6) is 5.75 Å². The van der Waals surface area contributed by atoms with Crippen molar-refractivity contribution in [1.82, 2.24) is 15.6 Å². The van der Waals surface area contributed by atoms with Gasteiger partial charge in [0.2, 0.25) is 5.91 Å². The van der Waals surface area contributed by atoms with E-state index in [1.165, 1.54) is 19.1 Å². The average Bonchev–Trinajstić information content (AvgIpc) is 3.51. The van der Waals surface area contributed by atoms with E-state index in [0.717, 1.165) is 24.5 Å². The van der Waals surface area contributed by atoms with Gasteiger partial charge in [-0.2, -0.15) is 0 Å². The fourth-order valence-corrected chi connectivity index (χ4v) is 6.31. The number of carbonyl (C=O) groups is 3. The summed E-state index contributed by atoms with van der Waals surface area (Å²) in [6.45, 7) is 5.48. The number of amides is 2. The third-order valence-electron chi connectivity index (χ3n) is 9.03. The van der Waals surface area contributed by atoms with Crippen molar-refractivity contribution in [2.75, 3.05) is 43.5 Å². The molecule has 2 aliphatic rings. The number of benzene rings is 1. The number of aliphatic hydroxyl groups is 3. The second-order valence-corrected chi connectivity index (χ2v) is 13.0. The van der Waals surface area contributed by atoms with Gasteiger partial charge in [0.1, 0.15) is 23.8 Å². The Labute approximate surface area is 280 Å². The highest BCUT2D eigenvalue weighted by atomic mass is 16.6. The number of carboxylic acid groups (broad SMARTS) is 1. The molecule has 0 radical (unpaired) electrons. The minimum atomic E-state index is -1.97. The number of aromatic hydroxyl groups is 1. The van der Waals surface area contributed by atoms with E-state index in [0.29, 0.717) is 17.7 Å². The van der Waals surface area contributed by atoms with Crippen LogP contribution in [-0.2, 0) is 14.3 Å². The molecule has 262 valence electrons. The van der Waals surface area contributed by atoms with Gasteiger partial charge in [0.15, 0.2) is 5.60 Å². The number of ether oxygens (including phenoxy) is 1. The van der Waals surface area contributed by atoms with E-state index in [4.69, 9.17) is 4.74 Å². The predicted octanol–water partition coefficient (Wildman–Crippen LogP) is 0.872. The van der Waals surface area contributed by atoms with Gasteiger partial charge in [0.05, 0.1) is 18.2 Å². The number of aromatic nitrogens is 1. The topological polar surface area (TPSA) is 205 Å². The molecule has 0 aliphatic carbocycles. The summed E-state index contributed by atoms with van der Waals surface area (Å²) in [6.07, 6.45) is -0.783. The molecule has 2 amide bonds. The van der Waals surface area contributed by atoms with Crippen LogP contribution in [0.25, 0.3) is 0 Å². The Balaban J connectivity index is 1.46. The van der Waals surface area contributed by atoms with Gasteiger partial charge >= 0.3 is 5.97 Å². The molecule has 7 N–H and O–H groups in total. The van der Waals surface area contributed by atoms with E-state index >= 15 is 0 Å². The maximum atomic E-state index is 12.8. The smallest absolute Gasteiger partial charge is 0.336 e. The number of carbonyl (C=O) groups excluding carboxylic acids is 2. The summed E-state index contributed by atoms with van der Waals surface area (Å²) in [4.78, 5) is 46.1. The van der Waals surface area contributed by atoms with Crippen LogP contribution in [0.1, 0.15) is 47.7 Å². The lowest BCUT2D eigenvalue weighted by molar-refractivity contribution is -0.226. The van der Waals surface area contributed by atoms with Gasteiger partial charge < -0.3 is 50.7 Å². The largest absolute Gasteiger partial charge is 0.507 e. The molecule has 7 atom stereocenters. The molecule has 2 aromatic rings. The van der Waals surface area contributed by atoms with Crippen molar-refractivity contribution in [2.45, 2.75) is 76.1 Å². The van der Waals surface area contributed by atoms with Crippen molar-refractivity contribution in [2.24, 2.45) is 5.92 Å². The van der Waals surface area contributed by atoms with Gasteiger partial charge in [-0.15, -0.1) is 0 Å². The van der Waals surface area contributed by atoms with Crippen molar-refractivity contribution in [1.29, 1.82) is 0 Å². The molecule has 48 heavy (non-hydrogen) atoms. The number of anilines is 2. The van der Waals surface area contributed by atoms with Crippen molar-refractivity contribution in [3.8, 4) is 5.75 Å². The molecule has 2 saturated heterocycles. The SMILES string of the molecule is CC(=O)N[C@H]1[C@H]([C@H](O)[C@H](O)CNC(=O)c2cc(C)c(O)c(C)c2)O[C@@](C/C=C/C2CCN(c3cc(N(C)C)ccn3)C2)(C(=O)O)C[C@@H]1O. The minimum absolute atomic E-state index is 0.0594. The molecule has 1 aromatic heterocycles. The van der Waals surface area contributed by atoms with Crippen LogP contribution in [0.15, 0.2) is 42.6 Å². The summed E-state index contributed by atoms with van der Waals surface area (Å²) in [5, 5.41) is 58.6. The van der Waals surface area contributed by atoms with Crippen molar-refractivity contribution < 1.29 is 44.7 Å². The number of aliphatic hydroxyl groups excluding tert-OH is 3. The first-order valence-corrected chi connectivity index (χ1v) is 16.0. The first-order chi connectivity index (χ1) is 22.6. The Morgan fingerprint density at radius 1 is 1.19 bits per heavy atom. The van der Waals surface area contributed by atoms with E-state index < -0.39 is 60.4 Å². The van der Waals surface area contributed by atoms with Crippen molar-refractivity contribution in [3.63, 3.8) is 0 Å². The van der Waals surface area contributed by atoms with E-state index in [9.17, 15) is 39.9 Å². The molecule has 14 nitrogen and oxygen atoms in total. The zero-order valence-corrected chi connectivity index (χ0v) is 28.0. The van der Waals surface area contributed by atoms with Crippen LogP contribution in [0, 0.1) is 19.8 Å². The molecule has 1 unspecified atom stereocenters. The third kappa shape index (κ3) is 8.42. The summed E-state index contributed by atoms with van der Waals surface area (Å²) in [6, 6.07) is 5.65. The number of nitrogens with one attached hydrogen (secondary N) is 2. The monoisotopic (exact) mass is 669 g/mol. The Morgan fingerprint density at radius 3 is 2.50 bits per heavy atom. The highest BCUT2D eigenvalue weighted by molar-refractivity contribution is 5.95. The number of hydrogen-bond donors (Lipinski definition) is 7. The number of pyridine rings is 1. The lowest BCUT2D eigenvalue weighted by Gasteiger charge is -2.47. The van der Waals surface area contributed by atoms with E-state index in [2.05, 4.69) is 20.5 Å². The summed E-state index contributed by atoms with van der Waals surface area (Å²) in [5.74, 6) is -1.49. The highest BCUT2D eigenvalue weighted by Crippen LogP contribution is 2.36. The second-order valence-electron chi connectivity index (χ2n) is 13.0. The maximum Gasteiger partial charge on any atom is 0.336 e. The minimum Gasteiger partial charge on any atom is -0.507 e. The standard InChI is InChI=1S/C34H47N5O9/c1-19-13-23(14-20(2)29(19)43)32(45)36-17-26(42)30(44)31-28(37-21(3)40)25(41)16-34(48-31,33(46)47)10-6-7-22-9-12-39(18-22)27-15-24(38(4)5)8-11-35-27/h6-8,11,13-15,22,25-26,28,30-31,41-44H,9-10,12,16-18H2,1-5H3,(H,36,45)(H,37,40)(H,46,47)/b7-6+/t22?,25-,26+,28+,30+,31+,34+/m0/s1. The molecule has 4 rings (SSSR count). The average molecular weight is 670 g/mol. The van der Waals surface area contributed by atoms with Crippen LogP contribution < -0.4 is 20.4 Å². The molecule has 0 saturated carbocycles. The Bertz CT molecular complexity index is 1490. The number of rotatable bonds is 12. The Kier molecular flexibility index (Phi) is 11.7. The molecular weight excluding hydrogens is 622 g/mol. The fourth-order valence-electron chi connectivity index (χ4n) is 6.31. The van der Waals surface area contributed by atoms with E-state index in [-0.39, 0.29) is 30.1 Å². The van der Waals surface area contributed by atoms with Crippen molar-refractivity contribution >= 4 is 29.3 Å². The van der Waals surface area contributed by atoms with Gasteiger partial charge in [0, 0.05) is 77.0 Å². The molecule has 2 fully saturated rings. The number of phenols is 1. The van der Waals surface area contributed by atoms with Crippen LogP contribution >= 0.6 is 0 Å². The Hall–Kier alpha value is -4.24. The zero-order valence-electron chi connectivity index (χ0n) is 28.0. The first kappa shape index (κ1) is 36.6. The first-order valence-electron chi connectivity index (χ1n) is 16.0. The van der Waals surface area contributed by atoms with E-state index in [1.807, 2.05) is 37.2 Å². The summed E-state index contributed by atoms with van der Waals surface area (Å²) >= 11 is 0. The van der Waals surface area contributed by atoms with Gasteiger partial charge in [-0.25, -0.2) is 9.78 Å². The number of aliphatic carboxylic acids is 1. The predicted molar refractivity (Wildman–Crippen MR) is 178 cm³/mol. The molecule has 0 bridgehead atoms. The lowest BCUT2D eigenvalue weighted by atomic mass is 9.81. The van der Waals surface area contributed by atoms with Crippen LogP contribution in [0.2, 0.25) is 0 Å². The second kappa shape index (κ2) is 15.3. The molecule has 0 spiro atoms. The number of nitrogens with zero attached hydrogens (tertiary/aromatic N) is 3. The van der Waals surface area contributed by atoms with E-state index in [1.54, 1.807) is 26.1 Å². The molecule has 1 aromatic carbocycles. The summed E-state index contributed by atoms with van der Waals surface area (Å²) in [5.41, 5.74) is 0.254. The lowest BCUT2D eigenvalue weighted by Crippen LogP contribution is -2.67. The van der Waals surface area contributed by atoms with Gasteiger partial charge in [-0.1, -0.05) is 12.2 Å². The Morgan fingerprint density at radius 2 is 1.88 bits per heavy atom. The number of aryl methyl sites for hydroxylation is 2. The van der Waals surface area contributed by atoms with Crippen LogP contribution in [0.4, 0.5) is 11.5 Å². The van der Waals surface area contributed by atoms with Gasteiger partial charge in [-0.3, -0.25) is 9.59 Å².